The van der Waals surface area contributed by atoms with E-state index in [-0.39, 0.29) is 0 Å². The van der Waals surface area contributed by atoms with Crippen LogP contribution in [0.5, 0.6) is 0 Å². The fourth-order valence-electron chi connectivity index (χ4n) is 7.13. The molecule has 1 N–H and O–H groups in total. The normalized spacial score (nSPS) is 11.8. The number of nitrogens with one attached hydrogen (secondary N) is 1. The fourth-order valence-corrected chi connectivity index (χ4v) is 8.56. The Kier molecular flexibility index (Phi) is 7.57. The van der Waals surface area contributed by atoms with E-state index < -0.39 is 5.41 Å². The van der Waals surface area contributed by atoms with Crippen molar-refractivity contribution in [3.8, 4) is 54.4 Å². The van der Waals surface area contributed by atoms with E-state index in [2.05, 4.69) is 181 Å². The van der Waals surface area contributed by atoms with Gasteiger partial charge in [-0.05, 0) is 116 Å². The number of thiophene rings is 2. The molecule has 0 bridgehead atoms. The molecule has 4 heteroatoms. The zero-order chi connectivity index (χ0) is 33.7. The zero-order valence-corrected chi connectivity index (χ0v) is 29.5. The Labute approximate surface area is 300 Å². The number of hydrogen-bond acceptors (Lipinski definition) is 3. The highest BCUT2D eigenvalue weighted by molar-refractivity contribution is 7.13. The van der Waals surface area contributed by atoms with Crippen LogP contribution in [0, 0.1) is 0 Å². The van der Waals surface area contributed by atoms with E-state index in [0.29, 0.717) is 0 Å². The van der Waals surface area contributed by atoms with E-state index in [1.807, 2.05) is 0 Å². The van der Waals surface area contributed by atoms with Crippen molar-refractivity contribution < 1.29 is 0 Å². The molecule has 0 unspecified atom stereocenters. The van der Waals surface area contributed by atoms with Crippen LogP contribution in [0.4, 0.5) is 0 Å². The first-order valence-electron chi connectivity index (χ1n) is 16.9. The quantitative estimate of drug-likeness (QED) is 0.179. The Morgan fingerprint density at radius 2 is 1.10 bits per heavy atom. The summed E-state index contributed by atoms with van der Waals surface area (Å²) >= 11 is 3.56. The molecule has 0 saturated carbocycles. The molecule has 0 aliphatic carbocycles. The molecule has 0 saturated heterocycles. The minimum Gasteiger partial charge on any atom is -0.354 e. The highest BCUT2D eigenvalue weighted by atomic mass is 32.1. The van der Waals surface area contributed by atoms with Crippen LogP contribution in [0.1, 0.15) is 25.1 Å². The van der Waals surface area contributed by atoms with E-state index in [9.17, 15) is 0 Å². The maximum atomic E-state index is 5.45. The molecule has 0 radical (unpaired) electrons. The third-order valence-electron chi connectivity index (χ3n) is 9.82. The van der Waals surface area contributed by atoms with Gasteiger partial charge in [-0.3, -0.25) is 4.98 Å². The van der Waals surface area contributed by atoms with Gasteiger partial charge in [-0.1, -0.05) is 98.8 Å². The molecule has 2 nitrogen and oxygen atoms in total. The highest BCUT2D eigenvalue weighted by Gasteiger charge is 2.29. The number of benzene rings is 5. The summed E-state index contributed by atoms with van der Waals surface area (Å²) in [5.74, 6) is 0. The molecule has 9 aromatic rings. The Morgan fingerprint density at radius 1 is 0.480 bits per heavy atom. The number of aromatic nitrogens is 2. The van der Waals surface area contributed by atoms with E-state index >= 15 is 0 Å². The van der Waals surface area contributed by atoms with Crippen molar-refractivity contribution in [2.24, 2.45) is 0 Å². The molecular formula is C46H34N2S2. The molecule has 0 amide bonds. The summed E-state index contributed by atoms with van der Waals surface area (Å²) in [6, 6.07) is 54.8. The fraction of sp³-hybridized carbons (Fsp3) is 0.0652. The van der Waals surface area contributed by atoms with Crippen LogP contribution in [0.15, 0.2) is 162 Å². The predicted octanol–water partition coefficient (Wildman–Crippen LogP) is 13.5. The van der Waals surface area contributed by atoms with Crippen molar-refractivity contribution in [1.82, 2.24) is 9.97 Å². The second kappa shape index (κ2) is 12.4. The average Bonchev–Trinajstić information content (AvgIpc) is 3.97. The maximum Gasteiger partial charge on any atom is 0.0706 e. The molecule has 240 valence electrons. The minimum absolute atomic E-state index is 0.404. The Hall–Kier alpha value is -5.55. The molecule has 0 aliphatic heterocycles. The average molecular weight is 679 g/mol. The van der Waals surface area contributed by atoms with Crippen LogP contribution in [0.3, 0.4) is 0 Å². The lowest BCUT2D eigenvalue weighted by atomic mass is 9.79. The zero-order valence-electron chi connectivity index (χ0n) is 27.9. The largest absolute Gasteiger partial charge is 0.354 e. The summed E-state index contributed by atoms with van der Waals surface area (Å²) in [5.41, 5.74) is 13.5. The second-order valence-corrected chi connectivity index (χ2v) is 15.2. The number of fused-ring (bicyclic) bond motifs is 3. The second-order valence-electron chi connectivity index (χ2n) is 13.4. The lowest BCUT2D eigenvalue weighted by Crippen LogP contribution is -2.21. The summed E-state index contributed by atoms with van der Waals surface area (Å²) < 4.78 is 0. The van der Waals surface area contributed by atoms with Crippen LogP contribution in [-0.2, 0) is 5.41 Å². The molecule has 4 aromatic heterocycles. The van der Waals surface area contributed by atoms with Gasteiger partial charge < -0.3 is 4.98 Å². The molecule has 0 fully saturated rings. The van der Waals surface area contributed by atoms with E-state index in [1.165, 1.54) is 65.0 Å². The topological polar surface area (TPSA) is 28.7 Å². The lowest BCUT2D eigenvalue weighted by molar-refractivity contribution is 0.622. The number of pyridine rings is 1. The summed E-state index contributed by atoms with van der Waals surface area (Å²) in [6.45, 7) is 4.62. The monoisotopic (exact) mass is 678 g/mol. The first kappa shape index (κ1) is 30.5. The van der Waals surface area contributed by atoms with Gasteiger partial charge in [0.1, 0.15) is 0 Å². The first-order chi connectivity index (χ1) is 24.5. The number of rotatable bonds is 7. The van der Waals surface area contributed by atoms with Crippen LogP contribution < -0.4 is 0 Å². The van der Waals surface area contributed by atoms with Crippen molar-refractivity contribution in [3.05, 3.63) is 174 Å². The van der Waals surface area contributed by atoms with Crippen molar-refractivity contribution in [2.75, 3.05) is 0 Å². The first-order valence-corrected chi connectivity index (χ1v) is 18.7. The van der Waals surface area contributed by atoms with Crippen LogP contribution in [-0.4, -0.2) is 9.97 Å². The molecule has 9 rings (SSSR count). The number of H-pyrrole nitrogens is 1. The van der Waals surface area contributed by atoms with Crippen molar-refractivity contribution in [3.63, 3.8) is 0 Å². The third-order valence-corrected chi connectivity index (χ3v) is 11.7. The number of nitrogens with zero attached hydrogens (tertiary/aromatic N) is 1. The van der Waals surface area contributed by atoms with Gasteiger partial charge in [-0.25, -0.2) is 0 Å². The smallest absolute Gasteiger partial charge is 0.0706 e. The van der Waals surface area contributed by atoms with Gasteiger partial charge in [0.2, 0.25) is 0 Å². The Bertz CT molecular complexity index is 2540. The Balaban J connectivity index is 1.21. The van der Waals surface area contributed by atoms with Gasteiger partial charge in [0.15, 0.2) is 0 Å². The molecule has 50 heavy (non-hydrogen) atoms. The van der Waals surface area contributed by atoms with E-state index in [4.69, 9.17) is 4.98 Å². The molecule has 0 atom stereocenters. The summed E-state index contributed by atoms with van der Waals surface area (Å²) in [6.07, 6.45) is 0. The molecular weight excluding hydrogens is 645 g/mol. The molecule has 0 spiro atoms. The summed E-state index contributed by atoms with van der Waals surface area (Å²) in [5, 5.41) is 6.79. The molecule has 5 aromatic carbocycles. The van der Waals surface area contributed by atoms with Crippen molar-refractivity contribution >= 4 is 44.5 Å². The van der Waals surface area contributed by atoms with Crippen molar-refractivity contribution in [2.45, 2.75) is 19.3 Å². The van der Waals surface area contributed by atoms with Crippen LogP contribution >= 0.6 is 22.7 Å². The minimum atomic E-state index is -0.404. The van der Waals surface area contributed by atoms with Gasteiger partial charge in [0.05, 0.1) is 16.9 Å². The van der Waals surface area contributed by atoms with Gasteiger partial charge in [0, 0.05) is 37.0 Å². The standard InChI is InChI=1S/C46H34N2S2/c1-46(2,39-29-36(43-18-11-23-50-43)28-38-37-27-32(42-17-10-22-49-42)20-21-41(37)48-45(38)39)44-19-9-16-40(47-44)35-25-33(30-12-5-3-6-13-30)24-34(26-35)31-14-7-4-8-15-31/h3-29,48H,1-2H3. The van der Waals surface area contributed by atoms with Crippen molar-refractivity contribution in [1.29, 1.82) is 0 Å². The maximum absolute atomic E-state index is 5.45. The lowest BCUT2D eigenvalue weighted by Gasteiger charge is -2.27. The summed E-state index contributed by atoms with van der Waals surface area (Å²) in [4.78, 5) is 11.8. The molecule has 4 heterocycles. The van der Waals surface area contributed by atoms with Gasteiger partial charge in [-0.2, -0.15) is 0 Å². The van der Waals surface area contributed by atoms with Gasteiger partial charge >= 0.3 is 0 Å². The highest BCUT2D eigenvalue weighted by Crippen LogP contribution is 2.43. The summed E-state index contributed by atoms with van der Waals surface area (Å²) in [7, 11) is 0. The van der Waals surface area contributed by atoms with E-state index in [0.717, 1.165) is 22.5 Å². The SMILES string of the molecule is CC(C)(c1cccc(-c2cc(-c3ccccc3)cc(-c3ccccc3)c2)n1)c1cc(-c2cccs2)cc2c1[nH]c1ccc(-c3cccs3)cc12. The predicted molar refractivity (Wildman–Crippen MR) is 215 cm³/mol. The van der Waals surface area contributed by atoms with Gasteiger partial charge in [0.25, 0.3) is 0 Å². The number of aromatic amines is 1. The van der Waals surface area contributed by atoms with E-state index in [1.54, 1.807) is 22.7 Å². The van der Waals surface area contributed by atoms with Crippen LogP contribution in [0.25, 0.3) is 76.2 Å². The Morgan fingerprint density at radius 3 is 1.74 bits per heavy atom. The van der Waals surface area contributed by atoms with Crippen LogP contribution in [0.2, 0.25) is 0 Å². The third kappa shape index (κ3) is 5.47. The van der Waals surface area contributed by atoms with Gasteiger partial charge in [-0.15, -0.1) is 22.7 Å². The number of hydrogen-bond donors (Lipinski definition) is 1. The molecule has 0 aliphatic rings.